The molecule has 0 aliphatic rings. The van der Waals surface area contributed by atoms with E-state index in [0.717, 1.165) is 24.2 Å². The van der Waals surface area contributed by atoms with Crippen molar-refractivity contribution < 1.29 is 4.92 Å². The summed E-state index contributed by atoms with van der Waals surface area (Å²) in [4.78, 5) is 12.5. The van der Waals surface area contributed by atoms with Crippen molar-refractivity contribution in [2.45, 2.75) is 13.8 Å². The Kier molecular flexibility index (Phi) is 5.16. The molecule has 2 rings (SSSR count). The molecule has 0 aromatic heterocycles. The molecule has 0 spiro atoms. The van der Waals surface area contributed by atoms with Gasteiger partial charge >= 0.3 is 0 Å². The lowest BCUT2D eigenvalue weighted by Gasteiger charge is -2.20. The van der Waals surface area contributed by atoms with Crippen molar-refractivity contribution in [3.05, 3.63) is 69.8 Å². The minimum absolute atomic E-state index is 0.0779. The van der Waals surface area contributed by atoms with E-state index < -0.39 is 4.92 Å². The second kappa shape index (κ2) is 7.28. The van der Waals surface area contributed by atoms with E-state index in [2.05, 4.69) is 42.7 Å². The molecule has 0 aliphatic carbocycles. The fourth-order valence-corrected chi connectivity index (χ4v) is 2.16. The lowest BCUT2D eigenvalue weighted by Crippen LogP contribution is -2.21. The van der Waals surface area contributed by atoms with Crippen molar-refractivity contribution in [2.24, 2.45) is 0 Å². The highest BCUT2D eigenvalue weighted by Crippen LogP contribution is 2.15. The second-order valence-electron chi connectivity index (χ2n) is 4.77. The third-order valence-corrected chi connectivity index (χ3v) is 3.43. The molecule has 0 amide bonds. The van der Waals surface area contributed by atoms with Crippen LogP contribution < -0.4 is 4.90 Å². The monoisotopic (exact) mass is 294 g/mol. The largest absolute Gasteiger partial charge is 0.372 e. The number of nitrogens with zero attached hydrogens (tertiary/aromatic N) is 2. The molecule has 0 atom stereocenters. The van der Waals surface area contributed by atoms with E-state index in [1.54, 1.807) is 12.1 Å². The fourth-order valence-electron chi connectivity index (χ4n) is 2.16. The highest BCUT2D eigenvalue weighted by molar-refractivity contribution is 5.52. The van der Waals surface area contributed by atoms with Crippen LogP contribution in [0.1, 0.15) is 25.0 Å². The Bertz CT molecular complexity index is 691. The van der Waals surface area contributed by atoms with Gasteiger partial charge < -0.3 is 4.90 Å². The molecular formula is C18H18N2O2. The number of benzene rings is 2. The standard InChI is InChI=1S/C18H18N2O2/c1-3-19(4-2)17-11-7-15(8-12-17)5-6-16-9-13-18(14-10-16)20(21)22/h7-14H,3-4H2,1-2H3. The summed E-state index contributed by atoms with van der Waals surface area (Å²) in [7, 11) is 0. The summed E-state index contributed by atoms with van der Waals surface area (Å²) in [5.74, 6) is 6.09. The predicted molar refractivity (Wildman–Crippen MR) is 89.1 cm³/mol. The first-order valence-corrected chi connectivity index (χ1v) is 7.25. The number of nitro benzene ring substituents is 1. The third kappa shape index (κ3) is 3.86. The SMILES string of the molecule is CCN(CC)c1ccc(C#Cc2ccc([N+](=O)[O-])cc2)cc1. The van der Waals surface area contributed by atoms with Crippen LogP contribution in [0.2, 0.25) is 0 Å². The molecule has 0 bridgehead atoms. The molecule has 4 nitrogen and oxygen atoms in total. The molecule has 22 heavy (non-hydrogen) atoms. The molecule has 2 aromatic rings. The molecule has 0 fully saturated rings. The first-order valence-electron chi connectivity index (χ1n) is 7.25. The van der Waals surface area contributed by atoms with E-state index in [1.165, 1.54) is 17.8 Å². The molecule has 2 aromatic carbocycles. The summed E-state index contributed by atoms with van der Waals surface area (Å²) in [5.41, 5.74) is 2.95. The van der Waals surface area contributed by atoms with Gasteiger partial charge in [0.1, 0.15) is 0 Å². The van der Waals surface area contributed by atoms with Gasteiger partial charge in [-0.3, -0.25) is 10.1 Å². The van der Waals surface area contributed by atoms with Crippen LogP contribution in [-0.2, 0) is 0 Å². The maximum absolute atomic E-state index is 10.6. The number of non-ortho nitro benzene ring substituents is 1. The lowest BCUT2D eigenvalue weighted by molar-refractivity contribution is -0.384. The molecule has 0 heterocycles. The van der Waals surface area contributed by atoms with E-state index >= 15 is 0 Å². The van der Waals surface area contributed by atoms with Crippen molar-refractivity contribution in [1.82, 2.24) is 0 Å². The summed E-state index contributed by atoms with van der Waals surface area (Å²) < 4.78 is 0. The topological polar surface area (TPSA) is 46.4 Å². The molecule has 0 saturated carbocycles. The maximum Gasteiger partial charge on any atom is 0.269 e. The average Bonchev–Trinajstić information content (AvgIpc) is 2.55. The van der Waals surface area contributed by atoms with Gasteiger partial charge in [-0.15, -0.1) is 0 Å². The van der Waals surface area contributed by atoms with Gasteiger partial charge in [0.25, 0.3) is 5.69 Å². The highest BCUT2D eigenvalue weighted by atomic mass is 16.6. The minimum Gasteiger partial charge on any atom is -0.372 e. The molecule has 0 saturated heterocycles. The Hall–Kier alpha value is -2.80. The number of rotatable bonds is 4. The van der Waals surface area contributed by atoms with Crippen LogP contribution in [0, 0.1) is 22.0 Å². The second-order valence-corrected chi connectivity index (χ2v) is 4.77. The van der Waals surface area contributed by atoms with Crippen molar-refractivity contribution in [3.63, 3.8) is 0 Å². The summed E-state index contributed by atoms with van der Waals surface area (Å²) in [6.45, 7) is 6.21. The molecule has 4 heteroatoms. The quantitative estimate of drug-likeness (QED) is 0.489. The zero-order chi connectivity index (χ0) is 15.9. The van der Waals surface area contributed by atoms with Gasteiger partial charge in [0, 0.05) is 42.0 Å². The first kappa shape index (κ1) is 15.6. The minimum atomic E-state index is -0.414. The van der Waals surface area contributed by atoms with Crippen molar-refractivity contribution in [2.75, 3.05) is 18.0 Å². The van der Waals surface area contributed by atoms with E-state index in [9.17, 15) is 10.1 Å². The van der Waals surface area contributed by atoms with Gasteiger partial charge in [-0.25, -0.2) is 0 Å². The highest BCUT2D eigenvalue weighted by Gasteiger charge is 2.02. The third-order valence-electron chi connectivity index (χ3n) is 3.43. The fraction of sp³-hybridized carbons (Fsp3) is 0.222. The van der Waals surface area contributed by atoms with Crippen molar-refractivity contribution >= 4 is 11.4 Å². The summed E-state index contributed by atoms with van der Waals surface area (Å²) >= 11 is 0. The van der Waals surface area contributed by atoms with E-state index in [1.807, 2.05) is 12.1 Å². The van der Waals surface area contributed by atoms with Gasteiger partial charge in [0.15, 0.2) is 0 Å². The molecular weight excluding hydrogens is 276 g/mol. The molecule has 0 unspecified atom stereocenters. The summed E-state index contributed by atoms with van der Waals surface area (Å²) in [5, 5.41) is 10.6. The molecule has 0 aliphatic heterocycles. The Morgan fingerprint density at radius 1 is 0.909 bits per heavy atom. The van der Waals surface area contributed by atoms with Crippen LogP contribution in [-0.4, -0.2) is 18.0 Å². The number of nitro groups is 1. The Morgan fingerprint density at radius 2 is 1.36 bits per heavy atom. The molecule has 112 valence electrons. The van der Waals surface area contributed by atoms with E-state index in [4.69, 9.17) is 0 Å². The predicted octanol–water partition coefficient (Wildman–Crippen LogP) is 3.84. The van der Waals surface area contributed by atoms with Crippen molar-refractivity contribution in [3.8, 4) is 11.8 Å². The lowest BCUT2D eigenvalue weighted by atomic mass is 10.1. The number of hydrogen-bond donors (Lipinski definition) is 0. The van der Waals surface area contributed by atoms with Gasteiger partial charge in [0.05, 0.1) is 4.92 Å². The Morgan fingerprint density at radius 3 is 1.77 bits per heavy atom. The van der Waals surface area contributed by atoms with Gasteiger partial charge in [0.2, 0.25) is 0 Å². The zero-order valence-corrected chi connectivity index (χ0v) is 12.7. The van der Waals surface area contributed by atoms with Crippen LogP contribution in [0.15, 0.2) is 48.5 Å². The van der Waals surface area contributed by atoms with Crippen LogP contribution >= 0.6 is 0 Å². The zero-order valence-electron chi connectivity index (χ0n) is 12.7. The maximum atomic E-state index is 10.6. The van der Waals surface area contributed by atoms with E-state index in [0.29, 0.717) is 0 Å². The Labute approximate surface area is 130 Å². The normalized spacial score (nSPS) is 9.73. The van der Waals surface area contributed by atoms with Gasteiger partial charge in [-0.1, -0.05) is 11.8 Å². The first-order chi connectivity index (χ1) is 10.6. The van der Waals surface area contributed by atoms with Crippen LogP contribution in [0.25, 0.3) is 0 Å². The molecule has 0 radical (unpaired) electrons. The van der Waals surface area contributed by atoms with Crippen molar-refractivity contribution in [1.29, 1.82) is 0 Å². The number of hydrogen-bond acceptors (Lipinski definition) is 3. The Balaban J connectivity index is 2.13. The smallest absolute Gasteiger partial charge is 0.269 e. The van der Waals surface area contributed by atoms with Crippen LogP contribution in [0.3, 0.4) is 0 Å². The van der Waals surface area contributed by atoms with Crippen LogP contribution in [0.4, 0.5) is 11.4 Å². The molecule has 0 N–H and O–H groups in total. The number of anilines is 1. The van der Waals surface area contributed by atoms with Gasteiger partial charge in [-0.05, 0) is 50.2 Å². The average molecular weight is 294 g/mol. The van der Waals surface area contributed by atoms with Gasteiger partial charge in [-0.2, -0.15) is 0 Å². The van der Waals surface area contributed by atoms with E-state index in [-0.39, 0.29) is 5.69 Å². The summed E-state index contributed by atoms with van der Waals surface area (Å²) in [6, 6.07) is 14.4. The summed E-state index contributed by atoms with van der Waals surface area (Å²) in [6.07, 6.45) is 0. The van der Waals surface area contributed by atoms with Crippen LogP contribution in [0.5, 0.6) is 0 Å².